The minimum absolute atomic E-state index is 0. The van der Waals surface area contributed by atoms with Crippen LogP contribution in [0.15, 0.2) is 6.20 Å². The van der Waals surface area contributed by atoms with Crippen LogP contribution in [0.5, 0.6) is 11.5 Å². The van der Waals surface area contributed by atoms with Gasteiger partial charge in [-0.05, 0) is 32.1 Å². The van der Waals surface area contributed by atoms with Crippen LogP contribution in [0, 0.1) is 0 Å². The summed E-state index contributed by atoms with van der Waals surface area (Å²) >= 11 is 0. The highest BCUT2D eigenvalue weighted by atomic mass is 35.5. The second-order valence-corrected chi connectivity index (χ2v) is 15.3. The van der Waals surface area contributed by atoms with Crippen molar-refractivity contribution in [2.24, 2.45) is 0 Å². The lowest BCUT2D eigenvalue weighted by atomic mass is 10.1. The molecule has 46 heavy (non-hydrogen) atoms. The summed E-state index contributed by atoms with van der Waals surface area (Å²) in [7, 11) is 9.42. The van der Waals surface area contributed by atoms with E-state index in [0.29, 0.717) is 6.61 Å². The Morgan fingerprint density at radius 3 is 1.43 bits per heavy atom. The van der Waals surface area contributed by atoms with Crippen molar-refractivity contribution in [3.63, 3.8) is 0 Å². The standard InChI is InChI=1S/C39H75N3O2.2ClH/c1-8-11-13-15-17-19-21-23-25-27-29-41(4,5)32-35-31-40-37(39-38(35)43-34-36(10-3)44-39)33-42(6,7)30-28-26-24-22-20-18-16-14-12-9-2;;/h31,36H,8-30,32-34H2,1-7H3;2*1H/q+2;;/p-2. The van der Waals surface area contributed by atoms with Crippen molar-refractivity contribution in [2.45, 2.75) is 175 Å². The largest absolute Gasteiger partial charge is 1.00 e. The molecule has 272 valence electrons. The minimum Gasteiger partial charge on any atom is -1.00 e. The van der Waals surface area contributed by atoms with E-state index in [0.717, 1.165) is 45.7 Å². The van der Waals surface area contributed by atoms with E-state index >= 15 is 0 Å². The van der Waals surface area contributed by atoms with Crippen LogP contribution >= 0.6 is 0 Å². The van der Waals surface area contributed by atoms with Crippen molar-refractivity contribution >= 4 is 0 Å². The number of nitrogens with zero attached hydrogens (tertiary/aromatic N) is 3. The topological polar surface area (TPSA) is 31.4 Å². The average molecular weight is 689 g/mol. The molecule has 0 amide bonds. The molecule has 1 aliphatic rings. The maximum absolute atomic E-state index is 6.58. The molecule has 0 saturated heterocycles. The molecule has 0 saturated carbocycles. The monoisotopic (exact) mass is 688 g/mol. The molecular weight excluding hydrogens is 613 g/mol. The number of unbranched alkanes of at least 4 members (excludes halogenated alkanes) is 18. The minimum atomic E-state index is 0. The molecule has 1 aliphatic heterocycles. The molecular formula is C39H75Cl2N3O2. The first-order valence-electron chi connectivity index (χ1n) is 19.2. The van der Waals surface area contributed by atoms with E-state index in [4.69, 9.17) is 14.5 Å². The van der Waals surface area contributed by atoms with Crippen LogP contribution in [-0.4, -0.2) is 67.9 Å². The van der Waals surface area contributed by atoms with Crippen LogP contribution in [0.2, 0.25) is 0 Å². The molecule has 2 rings (SSSR count). The van der Waals surface area contributed by atoms with Crippen molar-refractivity contribution in [1.29, 1.82) is 0 Å². The molecule has 0 aliphatic carbocycles. The SMILES string of the molecule is CCCCCCCCCCCC[N+](C)(C)Cc1cnc(C[N+](C)(C)CCCCCCCCCCCC)c2c1OCC(CC)O2.[Cl-].[Cl-]. The molecule has 0 spiro atoms. The number of halogens is 2. The smallest absolute Gasteiger partial charge is 0.189 e. The number of quaternary nitrogens is 2. The molecule has 1 atom stereocenters. The average Bonchev–Trinajstić information content (AvgIpc) is 2.99. The van der Waals surface area contributed by atoms with Crippen molar-refractivity contribution in [2.75, 3.05) is 47.9 Å². The third-order valence-electron chi connectivity index (χ3n) is 9.70. The first-order chi connectivity index (χ1) is 21.2. The zero-order chi connectivity index (χ0) is 32.1. The molecule has 0 fully saturated rings. The molecule has 1 aromatic heterocycles. The molecule has 1 aromatic rings. The summed E-state index contributed by atoms with van der Waals surface area (Å²) in [5, 5.41) is 0. The summed E-state index contributed by atoms with van der Waals surface area (Å²) in [5.41, 5.74) is 2.27. The van der Waals surface area contributed by atoms with Gasteiger partial charge in [-0.3, -0.25) is 4.98 Å². The third kappa shape index (κ3) is 19.3. The Labute approximate surface area is 299 Å². The fourth-order valence-corrected chi connectivity index (χ4v) is 6.71. The molecule has 0 aromatic carbocycles. The summed E-state index contributed by atoms with van der Waals surface area (Å²) in [6.45, 7) is 11.6. The molecule has 5 nitrogen and oxygen atoms in total. The Kier molecular flexibility index (Phi) is 25.7. The van der Waals surface area contributed by atoms with Gasteiger partial charge in [0.05, 0.1) is 46.8 Å². The Bertz CT molecular complexity index is 881. The summed E-state index contributed by atoms with van der Waals surface area (Å²) in [4.78, 5) is 5.06. The van der Waals surface area contributed by atoms with E-state index < -0.39 is 0 Å². The van der Waals surface area contributed by atoms with Crippen molar-refractivity contribution in [1.82, 2.24) is 4.98 Å². The van der Waals surface area contributed by atoms with Gasteiger partial charge in [-0.1, -0.05) is 124 Å². The first kappa shape index (κ1) is 45.2. The second-order valence-electron chi connectivity index (χ2n) is 15.3. The van der Waals surface area contributed by atoms with Gasteiger partial charge in [-0.2, -0.15) is 0 Å². The number of fused-ring (bicyclic) bond motifs is 1. The van der Waals surface area contributed by atoms with Gasteiger partial charge in [0.2, 0.25) is 0 Å². The molecule has 0 radical (unpaired) electrons. The van der Waals surface area contributed by atoms with Gasteiger partial charge in [-0.15, -0.1) is 0 Å². The zero-order valence-corrected chi connectivity index (χ0v) is 33.0. The number of hydrogen-bond donors (Lipinski definition) is 0. The lowest BCUT2D eigenvalue weighted by Crippen LogP contribution is -3.00. The van der Waals surface area contributed by atoms with Gasteiger partial charge in [0, 0.05) is 6.20 Å². The molecule has 2 heterocycles. The van der Waals surface area contributed by atoms with Gasteiger partial charge in [0.15, 0.2) is 11.5 Å². The second kappa shape index (κ2) is 26.2. The fourth-order valence-electron chi connectivity index (χ4n) is 6.71. The highest BCUT2D eigenvalue weighted by Gasteiger charge is 2.31. The number of rotatable bonds is 27. The lowest BCUT2D eigenvalue weighted by Gasteiger charge is -2.34. The Morgan fingerprint density at radius 2 is 1.00 bits per heavy atom. The summed E-state index contributed by atoms with van der Waals surface area (Å²) in [6, 6.07) is 0. The van der Waals surface area contributed by atoms with Gasteiger partial charge in [0.25, 0.3) is 0 Å². The van der Waals surface area contributed by atoms with Crippen LogP contribution in [-0.2, 0) is 13.1 Å². The van der Waals surface area contributed by atoms with E-state index in [1.165, 1.54) is 147 Å². The Hall–Kier alpha value is -0.750. The highest BCUT2D eigenvalue weighted by molar-refractivity contribution is 5.49. The predicted octanol–water partition coefficient (Wildman–Crippen LogP) is 4.63. The number of hydrogen-bond acceptors (Lipinski definition) is 3. The fraction of sp³-hybridized carbons (Fsp3) is 0.872. The summed E-state index contributed by atoms with van der Waals surface area (Å²) < 4.78 is 14.9. The van der Waals surface area contributed by atoms with Crippen LogP contribution in [0.25, 0.3) is 0 Å². The number of pyridine rings is 1. The van der Waals surface area contributed by atoms with Crippen LogP contribution < -0.4 is 34.3 Å². The summed E-state index contributed by atoms with van der Waals surface area (Å²) in [6.07, 6.45) is 30.8. The van der Waals surface area contributed by atoms with E-state index in [1.54, 1.807) is 0 Å². The maximum Gasteiger partial charge on any atom is 0.189 e. The van der Waals surface area contributed by atoms with Crippen LogP contribution in [0.1, 0.15) is 167 Å². The molecule has 7 heteroatoms. The van der Waals surface area contributed by atoms with Crippen molar-refractivity contribution in [3.8, 4) is 11.5 Å². The number of ether oxygens (including phenoxy) is 2. The van der Waals surface area contributed by atoms with Crippen molar-refractivity contribution in [3.05, 3.63) is 17.5 Å². The highest BCUT2D eigenvalue weighted by Crippen LogP contribution is 2.40. The first-order valence-corrected chi connectivity index (χ1v) is 19.2. The normalized spacial score (nSPS) is 14.5. The maximum atomic E-state index is 6.58. The van der Waals surface area contributed by atoms with Gasteiger partial charge >= 0.3 is 0 Å². The van der Waals surface area contributed by atoms with E-state index in [-0.39, 0.29) is 30.9 Å². The van der Waals surface area contributed by atoms with Crippen LogP contribution in [0.3, 0.4) is 0 Å². The quantitative estimate of drug-likeness (QED) is 0.0999. The Morgan fingerprint density at radius 1 is 0.587 bits per heavy atom. The predicted molar refractivity (Wildman–Crippen MR) is 189 cm³/mol. The third-order valence-corrected chi connectivity index (χ3v) is 9.70. The summed E-state index contributed by atoms with van der Waals surface area (Å²) in [5.74, 6) is 1.89. The molecule has 0 bridgehead atoms. The van der Waals surface area contributed by atoms with Gasteiger partial charge in [0.1, 0.15) is 31.5 Å². The van der Waals surface area contributed by atoms with E-state index in [1.807, 2.05) is 0 Å². The van der Waals surface area contributed by atoms with Crippen molar-refractivity contribution < 1.29 is 43.3 Å². The van der Waals surface area contributed by atoms with Crippen LogP contribution in [0.4, 0.5) is 0 Å². The van der Waals surface area contributed by atoms with E-state index in [2.05, 4.69) is 55.2 Å². The lowest BCUT2D eigenvalue weighted by molar-refractivity contribution is -0.904. The van der Waals surface area contributed by atoms with E-state index in [9.17, 15) is 0 Å². The number of aromatic nitrogens is 1. The molecule has 1 unspecified atom stereocenters. The molecule has 0 N–H and O–H groups in total. The van der Waals surface area contributed by atoms with Gasteiger partial charge < -0.3 is 43.3 Å². The zero-order valence-electron chi connectivity index (χ0n) is 31.5. The van der Waals surface area contributed by atoms with Gasteiger partial charge in [-0.25, -0.2) is 0 Å². The Balaban J connectivity index is 0.0000101.